The zero-order valence-corrected chi connectivity index (χ0v) is 12.8. The third-order valence-electron chi connectivity index (χ3n) is 4.21. The summed E-state index contributed by atoms with van der Waals surface area (Å²) < 4.78 is 0. The largest absolute Gasteiger partial charge is 0.341 e. The van der Waals surface area contributed by atoms with Crippen LogP contribution in [-0.2, 0) is 4.79 Å². The second-order valence-electron chi connectivity index (χ2n) is 5.79. The molecule has 1 atom stereocenters. The molecule has 0 aliphatic carbocycles. The maximum Gasteiger partial charge on any atom is 0.274 e. The normalized spacial score (nSPS) is 22.0. The molecule has 22 heavy (non-hydrogen) atoms. The molecule has 2 aliphatic heterocycles. The molecule has 0 aromatic carbocycles. The molecule has 3 rings (SSSR count). The number of carbonyl (C=O) groups excluding carboxylic acids is 2. The molecule has 0 radical (unpaired) electrons. The van der Waals surface area contributed by atoms with E-state index >= 15 is 0 Å². The van der Waals surface area contributed by atoms with E-state index in [2.05, 4.69) is 15.3 Å². The van der Waals surface area contributed by atoms with Crippen LogP contribution in [-0.4, -0.2) is 70.3 Å². The Balaban J connectivity index is 1.78. The number of likely N-dealkylation sites (tertiary alicyclic amines) is 1. The van der Waals surface area contributed by atoms with Gasteiger partial charge in [0.2, 0.25) is 5.91 Å². The molecular weight excluding hydrogens is 282 g/mol. The van der Waals surface area contributed by atoms with Crippen molar-refractivity contribution in [3.05, 3.63) is 23.8 Å². The Morgan fingerprint density at radius 1 is 1.18 bits per heavy atom. The number of nitrogens with zero attached hydrogens (tertiary/aromatic N) is 4. The maximum absolute atomic E-state index is 12.7. The standard InChI is InChI=1S/C15H21N5O2/c1-11-8-18-12(9-17-11)14(21)20-7-4-16-10-13(20)15(22)19-5-2-3-6-19/h8-9,13,16H,2-7,10H2,1H3/t13-/m0/s1. The summed E-state index contributed by atoms with van der Waals surface area (Å²) in [4.78, 5) is 37.1. The highest BCUT2D eigenvalue weighted by molar-refractivity contribution is 5.96. The van der Waals surface area contributed by atoms with Gasteiger partial charge in [-0.05, 0) is 19.8 Å². The zero-order valence-electron chi connectivity index (χ0n) is 12.8. The Hall–Kier alpha value is -2.02. The summed E-state index contributed by atoms with van der Waals surface area (Å²) in [6, 6.07) is -0.442. The lowest BCUT2D eigenvalue weighted by atomic mass is 10.1. The van der Waals surface area contributed by atoms with Gasteiger partial charge in [0, 0.05) is 38.9 Å². The minimum Gasteiger partial charge on any atom is -0.341 e. The third-order valence-corrected chi connectivity index (χ3v) is 4.21. The molecule has 2 aliphatic rings. The van der Waals surface area contributed by atoms with E-state index in [-0.39, 0.29) is 11.8 Å². The van der Waals surface area contributed by atoms with Crippen LogP contribution in [0.5, 0.6) is 0 Å². The number of aryl methyl sites for hydroxylation is 1. The van der Waals surface area contributed by atoms with Gasteiger partial charge in [0.25, 0.3) is 5.91 Å². The summed E-state index contributed by atoms with van der Waals surface area (Å²) >= 11 is 0. The van der Waals surface area contributed by atoms with Crippen LogP contribution in [0.25, 0.3) is 0 Å². The number of hydrogen-bond donors (Lipinski definition) is 1. The van der Waals surface area contributed by atoms with Gasteiger partial charge in [-0.3, -0.25) is 14.6 Å². The van der Waals surface area contributed by atoms with Crippen LogP contribution in [0.2, 0.25) is 0 Å². The van der Waals surface area contributed by atoms with Crippen molar-refractivity contribution in [1.82, 2.24) is 25.1 Å². The monoisotopic (exact) mass is 303 g/mol. The minimum atomic E-state index is -0.442. The summed E-state index contributed by atoms with van der Waals surface area (Å²) in [7, 11) is 0. The molecule has 1 N–H and O–H groups in total. The average molecular weight is 303 g/mol. The van der Waals surface area contributed by atoms with Crippen LogP contribution in [0.15, 0.2) is 12.4 Å². The van der Waals surface area contributed by atoms with Crippen LogP contribution < -0.4 is 5.32 Å². The number of nitrogens with one attached hydrogen (secondary N) is 1. The van der Waals surface area contributed by atoms with Crippen molar-refractivity contribution in [2.75, 3.05) is 32.7 Å². The topological polar surface area (TPSA) is 78.4 Å². The molecule has 0 saturated carbocycles. The number of amides is 2. The summed E-state index contributed by atoms with van der Waals surface area (Å²) in [6.07, 6.45) is 5.15. The van der Waals surface area contributed by atoms with Gasteiger partial charge < -0.3 is 15.1 Å². The second kappa shape index (κ2) is 6.39. The highest BCUT2D eigenvalue weighted by Crippen LogP contribution is 2.15. The van der Waals surface area contributed by atoms with Crippen molar-refractivity contribution < 1.29 is 9.59 Å². The third kappa shape index (κ3) is 2.94. The Labute approximate surface area is 129 Å². The molecule has 2 amide bonds. The Kier molecular flexibility index (Phi) is 4.33. The van der Waals surface area contributed by atoms with Crippen molar-refractivity contribution >= 4 is 11.8 Å². The molecule has 3 heterocycles. The average Bonchev–Trinajstić information content (AvgIpc) is 3.09. The highest BCUT2D eigenvalue weighted by atomic mass is 16.2. The van der Waals surface area contributed by atoms with Crippen molar-refractivity contribution in [2.45, 2.75) is 25.8 Å². The summed E-state index contributed by atoms with van der Waals surface area (Å²) in [6.45, 7) is 5.11. The molecule has 7 heteroatoms. The van der Waals surface area contributed by atoms with E-state index in [9.17, 15) is 9.59 Å². The van der Waals surface area contributed by atoms with Crippen molar-refractivity contribution in [1.29, 1.82) is 0 Å². The lowest BCUT2D eigenvalue weighted by Gasteiger charge is -2.36. The molecule has 2 saturated heterocycles. The summed E-state index contributed by atoms with van der Waals surface area (Å²) in [5.41, 5.74) is 1.06. The lowest BCUT2D eigenvalue weighted by molar-refractivity contribution is -0.135. The maximum atomic E-state index is 12.7. The van der Waals surface area contributed by atoms with Crippen molar-refractivity contribution in [3.8, 4) is 0 Å². The Morgan fingerprint density at radius 2 is 1.95 bits per heavy atom. The fourth-order valence-corrected chi connectivity index (χ4v) is 2.97. The smallest absolute Gasteiger partial charge is 0.274 e. The molecular formula is C15H21N5O2. The van der Waals surface area contributed by atoms with E-state index in [1.165, 1.54) is 6.20 Å². The van der Waals surface area contributed by atoms with E-state index < -0.39 is 6.04 Å². The van der Waals surface area contributed by atoms with Gasteiger partial charge in [0.05, 0.1) is 11.9 Å². The first-order valence-corrected chi connectivity index (χ1v) is 7.76. The number of piperazine rings is 1. The van der Waals surface area contributed by atoms with Gasteiger partial charge in [-0.25, -0.2) is 4.98 Å². The molecule has 0 unspecified atom stereocenters. The lowest BCUT2D eigenvalue weighted by Crippen LogP contribution is -2.60. The van der Waals surface area contributed by atoms with Gasteiger partial charge in [0.1, 0.15) is 11.7 Å². The molecule has 7 nitrogen and oxygen atoms in total. The molecule has 2 fully saturated rings. The van der Waals surface area contributed by atoms with Crippen LogP contribution >= 0.6 is 0 Å². The van der Waals surface area contributed by atoms with E-state index in [0.717, 1.165) is 31.6 Å². The van der Waals surface area contributed by atoms with Gasteiger partial charge in [0.15, 0.2) is 0 Å². The fourth-order valence-electron chi connectivity index (χ4n) is 2.97. The highest BCUT2D eigenvalue weighted by Gasteiger charge is 2.36. The molecule has 1 aromatic rings. The quantitative estimate of drug-likeness (QED) is 0.820. The number of rotatable bonds is 2. The van der Waals surface area contributed by atoms with Gasteiger partial charge in [-0.15, -0.1) is 0 Å². The van der Waals surface area contributed by atoms with Crippen LogP contribution in [0.1, 0.15) is 29.0 Å². The van der Waals surface area contributed by atoms with Crippen LogP contribution in [0, 0.1) is 6.92 Å². The number of hydrogen-bond acceptors (Lipinski definition) is 5. The number of carbonyl (C=O) groups is 2. The van der Waals surface area contributed by atoms with Crippen LogP contribution in [0.4, 0.5) is 0 Å². The first kappa shape index (κ1) is 14.9. The van der Waals surface area contributed by atoms with E-state index in [0.29, 0.717) is 25.3 Å². The minimum absolute atomic E-state index is 0.0399. The molecule has 118 valence electrons. The Morgan fingerprint density at radius 3 is 2.64 bits per heavy atom. The fraction of sp³-hybridized carbons (Fsp3) is 0.600. The van der Waals surface area contributed by atoms with E-state index in [1.807, 2.05) is 11.8 Å². The van der Waals surface area contributed by atoms with Gasteiger partial charge in [-0.1, -0.05) is 0 Å². The Bertz CT molecular complexity index is 554. The molecule has 1 aromatic heterocycles. The predicted octanol–water partition coefficient (Wildman–Crippen LogP) is -0.179. The summed E-state index contributed by atoms with van der Waals surface area (Å²) in [5.74, 6) is -0.176. The number of aromatic nitrogens is 2. The van der Waals surface area contributed by atoms with Crippen molar-refractivity contribution in [2.24, 2.45) is 0 Å². The second-order valence-corrected chi connectivity index (χ2v) is 5.79. The van der Waals surface area contributed by atoms with E-state index in [4.69, 9.17) is 0 Å². The van der Waals surface area contributed by atoms with Gasteiger partial charge in [-0.2, -0.15) is 0 Å². The predicted molar refractivity (Wildman–Crippen MR) is 80.3 cm³/mol. The zero-order chi connectivity index (χ0) is 15.5. The first-order chi connectivity index (χ1) is 10.7. The SMILES string of the molecule is Cc1cnc(C(=O)N2CCNC[C@H]2C(=O)N2CCCC2)cn1. The van der Waals surface area contributed by atoms with E-state index in [1.54, 1.807) is 11.1 Å². The molecule has 0 spiro atoms. The first-order valence-electron chi connectivity index (χ1n) is 7.76. The van der Waals surface area contributed by atoms with Crippen LogP contribution in [0.3, 0.4) is 0 Å². The summed E-state index contributed by atoms with van der Waals surface area (Å²) in [5, 5.41) is 3.21. The van der Waals surface area contributed by atoms with Crippen molar-refractivity contribution in [3.63, 3.8) is 0 Å². The van der Waals surface area contributed by atoms with Gasteiger partial charge >= 0.3 is 0 Å². The molecule has 0 bridgehead atoms.